The number of fused-ring (bicyclic) bond motifs is 1. The summed E-state index contributed by atoms with van der Waals surface area (Å²) >= 11 is 0. The van der Waals surface area contributed by atoms with Crippen LogP contribution in [-0.2, 0) is 4.79 Å². The molecule has 1 atom stereocenters. The maximum Gasteiger partial charge on any atom is 0.274 e. The first-order valence-electron chi connectivity index (χ1n) is 5.65. The lowest BCUT2D eigenvalue weighted by molar-refractivity contribution is -0.127. The molecule has 0 saturated heterocycles. The SMILES string of the molecule is Cc1ccc2cccc(OC(C)C(=O)NN)c2n1. The molecule has 2 aromatic rings. The number of nitrogens with two attached hydrogens (primary N) is 1. The molecule has 5 heteroatoms. The van der Waals surface area contributed by atoms with Crippen LogP contribution in [0.5, 0.6) is 5.75 Å². The molecule has 0 aliphatic carbocycles. The molecular weight excluding hydrogens is 230 g/mol. The molecule has 94 valence electrons. The summed E-state index contributed by atoms with van der Waals surface area (Å²) in [6.07, 6.45) is -0.664. The summed E-state index contributed by atoms with van der Waals surface area (Å²) in [5.74, 6) is 5.27. The summed E-state index contributed by atoms with van der Waals surface area (Å²) in [6.45, 7) is 3.54. The summed E-state index contributed by atoms with van der Waals surface area (Å²) in [6, 6.07) is 9.50. The number of nitrogens with one attached hydrogen (secondary N) is 1. The van der Waals surface area contributed by atoms with Crippen molar-refractivity contribution in [3.8, 4) is 5.75 Å². The fourth-order valence-electron chi connectivity index (χ4n) is 1.67. The number of carbonyl (C=O) groups is 1. The number of nitrogens with zero attached hydrogens (tertiary/aromatic N) is 1. The molecule has 0 aliphatic rings. The number of ether oxygens (including phenoxy) is 1. The lowest BCUT2D eigenvalue weighted by Gasteiger charge is -2.14. The van der Waals surface area contributed by atoms with E-state index in [-0.39, 0.29) is 5.91 Å². The number of hydrazine groups is 1. The predicted octanol–water partition coefficient (Wildman–Crippen LogP) is 1.30. The number of benzene rings is 1. The highest BCUT2D eigenvalue weighted by Gasteiger charge is 2.14. The maximum absolute atomic E-state index is 11.3. The van der Waals surface area contributed by atoms with Gasteiger partial charge >= 0.3 is 0 Å². The van der Waals surface area contributed by atoms with Gasteiger partial charge in [0.25, 0.3) is 5.91 Å². The Labute approximate surface area is 105 Å². The van der Waals surface area contributed by atoms with Crippen molar-refractivity contribution in [2.45, 2.75) is 20.0 Å². The number of amides is 1. The zero-order valence-electron chi connectivity index (χ0n) is 10.3. The van der Waals surface area contributed by atoms with Gasteiger partial charge in [0.05, 0.1) is 0 Å². The third-order valence-electron chi connectivity index (χ3n) is 2.64. The largest absolute Gasteiger partial charge is 0.479 e. The number of pyridine rings is 1. The minimum atomic E-state index is -0.664. The highest BCUT2D eigenvalue weighted by molar-refractivity contribution is 5.85. The van der Waals surface area contributed by atoms with Crippen molar-refractivity contribution in [1.82, 2.24) is 10.4 Å². The van der Waals surface area contributed by atoms with Gasteiger partial charge in [0.2, 0.25) is 0 Å². The van der Waals surface area contributed by atoms with Crippen LogP contribution in [0, 0.1) is 6.92 Å². The molecule has 1 amide bonds. The Bertz CT molecular complexity index is 583. The quantitative estimate of drug-likeness (QED) is 0.485. The molecule has 0 saturated carbocycles. The number of carbonyl (C=O) groups excluding carboxylic acids is 1. The number of hydrogen-bond acceptors (Lipinski definition) is 4. The van der Waals surface area contributed by atoms with E-state index in [4.69, 9.17) is 10.6 Å². The number of aryl methyl sites for hydroxylation is 1. The molecule has 1 aromatic heterocycles. The molecule has 5 nitrogen and oxygen atoms in total. The standard InChI is InChI=1S/C13H15N3O2/c1-8-6-7-10-4-3-5-11(12(10)15-8)18-9(2)13(17)16-14/h3-7,9H,14H2,1-2H3,(H,16,17). The number of aromatic nitrogens is 1. The average Bonchev–Trinajstić information content (AvgIpc) is 2.38. The second kappa shape index (κ2) is 5.01. The Morgan fingerprint density at radius 1 is 1.39 bits per heavy atom. The molecule has 0 fully saturated rings. The fourth-order valence-corrected chi connectivity index (χ4v) is 1.67. The second-order valence-corrected chi connectivity index (χ2v) is 4.05. The van der Waals surface area contributed by atoms with Gasteiger partial charge in [0, 0.05) is 11.1 Å². The predicted molar refractivity (Wildman–Crippen MR) is 68.9 cm³/mol. The van der Waals surface area contributed by atoms with Crippen molar-refractivity contribution >= 4 is 16.8 Å². The van der Waals surface area contributed by atoms with Crippen molar-refractivity contribution in [3.05, 3.63) is 36.0 Å². The Morgan fingerprint density at radius 3 is 2.89 bits per heavy atom. The first kappa shape index (κ1) is 12.3. The van der Waals surface area contributed by atoms with Crippen LogP contribution >= 0.6 is 0 Å². The molecule has 18 heavy (non-hydrogen) atoms. The van der Waals surface area contributed by atoms with Gasteiger partial charge in [-0.05, 0) is 26.0 Å². The van der Waals surface area contributed by atoms with Crippen molar-refractivity contribution < 1.29 is 9.53 Å². The van der Waals surface area contributed by atoms with Gasteiger partial charge in [-0.2, -0.15) is 0 Å². The van der Waals surface area contributed by atoms with E-state index >= 15 is 0 Å². The number of hydrogen-bond donors (Lipinski definition) is 2. The summed E-state index contributed by atoms with van der Waals surface area (Å²) in [5, 5.41) is 0.971. The second-order valence-electron chi connectivity index (χ2n) is 4.05. The van der Waals surface area contributed by atoms with Crippen LogP contribution in [0.15, 0.2) is 30.3 Å². The van der Waals surface area contributed by atoms with E-state index < -0.39 is 6.10 Å². The lowest BCUT2D eigenvalue weighted by atomic mass is 10.2. The topological polar surface area (TPSA) is 77.2 Å². The van der Waals surface area contributed by atoms with E-state index in [1.165, 1.54) is 0 Å². The van der Waals surface area contributed by atoms with Crippen LogP contribution in [-0.4, -0.2) is 17.0 Å². The molecule has 0 aliphatic heterocycles. The van der Waals surface area contributed by atoms with Crippen molar-refractivity contribution in [3.63, 3.8) is 0 Å². The van der Waals surface area contributed by atoms with E-state index in [9.17, 15) is 4.79 Å². The van der Waals surface area contributed by atoms with Gasteiger partial charge < -0.3 is 4.74 Å². The molecule has 0 radical (unpaired) electrons. The van der Waals surface area contributed by atoms with Gasteiger partial charge in [-0.3, -0.25) is 10.2 Å². The van der Waals surface area contributed by atoms with Gasteiger partial charge in [-0.1, -0.05) is 18.2 Å². The summed E-state index contributed by atoms with van der Waals surface area (Å²) in [7, 11) is 0. The molecule has 3 N–H and O–H groups in total. The minimum absolute atomic E-state index is 0.375. The fraction of sp³-hybridized carbons (Fsp3) is 0.231. The van der Waals surface area contributed by atoms with Gasteiger partial charge in [-0.15, -0.1) is 0 Å². The van der Waals surface area contributed by atoms with Crippen LogP contribution in [0.1, 0.15) is 12.6 Å². The van der Waals surface area contributed by atoms with E-state index in [0.717, 1.165) is 16.6 Å². The molecule has 2 rings (SSSR count). The van der Waals surface area contributed by atoms with Gasteiger partial charge in [-0.25, -0.2) is 10.8 Å². The zero-order chi connectivity index (χ0) is 13.1. The van der Waals surface area contributed by atoms with Crippen LogP contribution < -0.4 is 16.0 Å². The van der Waals surface area contributed by atoms with E-state index in [1.54, 1.807) is 13.0 Å². The Kier molecular flexibility index (Phi) is 3.43. The van der Waals surface area contributed by atoms with Crippen LogP contribution in [0.3, 0.4) is 0 Å². The highest BCUT2D eigenvalue weighted by Crippen LogP contribution is 2.24. The summed E-state index contributed by atoms with van der Waals surface area (Å²) in [5.41, 5.74) is 3.70. The molecular formula is C13H15N3O2. The summed E-state index contributed by atoms with van der Waals surface area (Å²) in [4.78, 5) is 15.8. The monoisotopic (exact) mass is 245 g/mol. The van der Waals surface area contributed by atoms with E-state index in [2.05, 4.69) is 10.4 Å². The van der Waals surface area contributed by atoms with Crippen LogP contribution in [0.25, 0.3) is 10.9 Å². The molecule has 1 unspecified atom stereocenters. The Balaban J connectivity index is 2.38. The van der Waals surface area contributed by atoms with Crippen molar-refractivity contribution in [2.75, 3.05) is 0 Å². The van der Waals surface area contributed by atoms with Crippen molar-refractivity contribution in [2.24, 2.45) is 5.84 Å². The highest BCUT2D eigenvalue weighted by atomic mass is 16.5. The number of para-hydroxylation sites is 1. The van der Waals surface area contributed by atoms with E-state index in [0.29, 0.717) is 5.75 Å². The van der Waals surface area contributed by atoms with E-state index in [1.807, 2.05) is 31.2 Å². The third-order valence-corrected chi connectivity index (χ3v) is 2.64. The minimum Gasteiger partial charge on any atom is -0.479 e. The Morgan fingerprint density at radius 2 is 2.17 bits per heavy atom. The Hall–Kier alpha value is -2.14. The molecule has 1 heterocycles. The van der Waals surface area contributed by atoms with Gasteiger partial charge in [0.15, 0.2) is 6.10 Å². The zero-order valence-corrected chi connectivity index (χ0v) is 10.3. The summed E-state index contributed by atoms with van der Waals surface area (Å²) < 4.78 is 5.58. The third kappa shape index (κ3) is 2.41. The normalized spacial score (nSPS) is 12.2. The first-order valence-corrected chi connectivity index (χ1v) is 5.65. The molecule has 0 spiro atoms. The first-order chi connectivity index (χ1) is 8.61. The number of rotatable bonds is 3. The van der Waals surface area contributed by atoms with Crippen molar-refractivity contribution in [1.29, 1.82) is 0 Å². The van der Waals surface area contributed by atoms with Crippen LogP contribution in [0.4, 0.5) is 0 Å². The lowest BCUT2D eigenvalue weighted by Crippen LogP contribution is -2.40. The van der Waals surface area contributed by atoms with Gasteiger partial charge in [0.1, 0.15) is 11.3 Å². The smallest absolute Gasteiger partial charge is 0.274 e. The van der Waals surface area contributed by atoms with Crippen LogP contribution in [0.2, 0.25) is 0 Å². The maximum atomic E-state index is 11.3. The molecule has 0 bridgehead atoms. The average molecular weight is 245 g/mol. The molecule has 1 aromatic carbocycles.